The van der Waals surface area contributed by atoms with E-state index in [1.807, 2.05) is 20.8 Å². The molecule has 3 amide bonds. The van der Waals surface area contributed by atoms with Crippen LogP contribution in [0, 0.1) is 17.3 Å². The molecule has 30 heavy (non-hydrogen) atoms. The first kappa shape index (κ1) is 23.4. The minimum absolute atomic E-state index is 0.0340. The smallest absolute Gasteiger partial charge is 0.244 e. The molecule has 0 aromatic rings. The molecular formula is C22H37N3O4S. The molecule has 3 heterocycles. The van der Waals surface area contributed by atoms with Gasteiger partial charge in [-0.15, -0.1) is 11.8 Å². The number of amides is 3. The summed E-state index contributed by atoms with van der Waals surface area (Å²) in [7, 11) is 1.60. The number of nitrogens with zero attached hydrogens (tertiary/aromatic N) is 1. The second-order valence-corrected chi connectivity index (χ2v) is 13.1. The molecule has 8 heteroatoms. The summed E-state index contributed by atoms with van der Waals surface area (Å²) in [6, 6.07) is -0.678. The Morgan fingerprint density at radius 1 is 1.20 bits per heavy atom. The van der Waals surface area contributed by atoms with Gasteiger partial charge in [-0.2, -0.15) is 0 Å². The third-order valence-corrected chi connectivity index (χ3v) is 8.81. The maximum Gasteiger partial charge on any atom is 0.244 e. The van der Waals surface area contributed by atoms with Crippen LogP contribution in [0.2, 0.25) is 0 Å². The zero-order valence-corrected chi connectivity index (χ0v) is 20.1. The van der Waals surface area contributed by atoms with Crippen molar-refractivity contribution in [3.8, 4) is 0 Å². The van der Waals surface area contributed by atoms with Crippen LogP contribution in [-0.4, -0.2) is 69.0 Å². The number of fused-ring (bicyclic) bond motifs is 1. The summed E-state index contributed by atoms with van der Waals surface area (Å²) in [6.07, 6.45) is 2.30. The molecule has 3 aliphatic rings. The predicted octanol–water partition coefficient (Wildman–Crippen LogP) is 1.54. The van der Waals surface area contributed by atoms with E-state index in [0.717, 1.165) is 19.3 Å². The van der Waals surface area contributed by atoms with Crippen molar-refractivity contribution in [2.75, 3.05) is 20.2 Å². The number of likely N-dealkylation sites (tertiary alicyclic amines) is 1. The number of thioether (sulfide) groups is 1. The van der Waals surface area contributed by atoms with Crippen molar-refractivity contribution in [3.05, 3.63) is 0 Å². The quantitative estimate of drug-likeness (QED) is 0.583. The highest BCUT2D eigenvalue weighted by atomic mass is 32.2. The monoisotopic (exact) mass is 439 g/mol. The van der Waals surface area contributed by atoms with Crippen molar-refractivity contribution in [3.63, 3.8) is 0 Å². The third kappa shape index (κ3) is 3.64. The Kier molecular flexibility index (Phi) is 5.77. The number of rotatable bonds is 6. The number of aliphatic hydroxyl groups is 1. The predicted molar refractivity (Wildman–Crippen MR) is 118 cm³/mol. The van der Waals surface area contributed by atoms with E-state index in [0.29, 0.717) is 0 Å². The van der Waals surface area contributed by atoms with Crippen LogP contribution in [0.4, 0.5) is 0 Å². The number of β-amino-alcohol motifs (C(OH)–C–C–N with tert-alkyl or cyclic N) is 1. The first-order valence-electron chi connectivity index (χ1n) is 10.9. The first-order chi connectivity index (χ1) is 13.7. The molecule has 0 aromatic heterocycles. The molecule has 3 rings (SSSR count). The summed E-state index contributed by atoms with van der Waals surface area (Å²) >= 11 is 1.65. The Hall–Kier alpha value is -1.28. The number of hydrogen-bond donors (Lipinski definition) is 3. The van der Waals surface area contributed by atoms with Crippen molar-refractivity contribution in [1.82, 2.24) is 15.5 Å². The molecule has 3 fully saturated rings. The molecular weight excluding hydrogens is 402 g/mol. The zero-order valence-electron chi connectivity index (χ0n) is 19.3. The number of carbonyl (C=O) groups excluding carboxylic acids is 3. The van der Waals surface area contributed by atoms with E-state index in [9.17, 15) is 19.5 Å². The summed E-state index contributed by atoms with van der Waals surface area (Å²) in [6.45, 7) is 12.4. The van der Waals surface area contributed by atoms with Gasteiger partial charge in [-0.05, 0) is 45.4 Å². The zero-order chi connectivity index (χ0) is 22.7. The average Bonchev–Trinajstić information content (AvgIpc) is 3.13. The third-order valence-electron chi connectivity index (χ3n) is 6.83. The van der Waals surface area contributed by atoms with E-state index in [1.165, 1.54) is 4.90 Å². The standard InChI is InChI=1S/C22H37N3O4S/c1-19(2,3)12-20(4,5)24-17(28)15-22-9-8-21(6,30-22)13(16(27)23-7)14(22)18(29)25(15)10-11-26/h13-15,26H,8-12H2,1-7H3,(H,23,27)(H,24,28)/t13-,14+,15?,21+,22?/m1/s1. The molecule has 1 spiro atoms. The van der Waals surface area contributed by atoms with Gasteiger partial charge in [-0.3, -0.25) is 14.4 Å². The molecule has 3 N–H and O–H groups in total. The maximum atomic E-state index is 13.7. The van der Waals surface area contributed by atoms with E-state index in [1.54, 1.807) is 18.8 Å². The van der Waals surface area contributed by atoms with Gasteiger partial charge in [0.25, 0.3) is 0 Å². The molecule has 170 valence electrons. The molecule has 3 aliphatic heterocycles. The van der Waals surface area contributed by atoms with Crippen LogP contribution in [0.15, 0.2) is 0 Å². The van der Waals surface area contributed by atoms with Crippen LogP contribution in [0.25, 0.3) is 0 Å². The van der Waals surface area contributed by atoms with Crippen molar-refractivity contribution >= 4 is 29.5 Å². The maximum absolute atomic E-state index is 13.7. The summed E-state index contributed by atoms with van der Waals surface area (Å²) < 4.78 is -0.981. The molecule has 2 bridgehead atoms. The number of nitrogens with one attached hydrogen (secondary N) is 2. The normalized spacial score (nSPS) is 35.5. The highest BCUT2D eigenvalue weighted by Gasteiger charge is 2.77. The Morgan fingerprint density at radius 3 is 2.37 bits per heavy atom. The van der Waals surface area contributed by atoms with Gasteiger partial charge >= 0.3 is 0 Å². The SMILES string of the molecule is CNC(=O)[C@H]1[C@H]2C(=O)N(CCO)C(C(=O)NC(C)(C)CC(C)(C)C)C23CC[C@]1(C)S3. The van der Waals surface area contributed by atoms with Gasteiger partial charge in [0.1, 0.15) is 6.04 Å². The van der Waals surface area contributed by atoms with E-state index < -0.39 is 28.2 Å². The second kappa shape index (κ2) is 7.40. The molecule has 0 radical (unpaired) electrons. The lowest BCUT2D eigenvalue weighted by molar-refractivity contribution is -0.141. The number of carbonyl (C=O) groups is 3. The van der Waals surface area contributed by atoms with Gasteiger partial charge in [0.15, 0.2) is 0 Å². The summed E-state index contributed by atoms with van der Waals surface area (Å²) in [5, 5.41) is 15.5. The van der Waals surface area contributed by atoms with E-state index in [2.05, 4.69) is 31.4 Å². The van der Waals surface area contributed by atoms with Crippen LogP contribution >= 0.6 is 11.8 Å². The molecule has 0 saturated carbocycles. The molecule has 0 aromatic carbocycles. The van der Waals surface area contributed by atoms with Crippen LogP contribution in [0.3, 0.4) is 0 Å². The van der Waals surface area contributed by atoms with Gasteiger partial charge in [-0.25, -0.2) is 0 Å². The topological polar surface area (TPSA) is 98.7 Å². The van der Waals surface area contributed by atoms with Crippen molar-refractivity contribution in [2.24, 2.45) is 17.3 Å². The fourth-order valence-corrected chi connectivity index (χ4v) is 8.76. The molecule has 5 atom stereocenters. The Balaban J connectivity index is 1.98. The van der Waals surface area contributed by atoms with Crippen LogP contribution in [0.1, 0.15) is 60.8 Å². The number of aliphatic hydroxyl groups excluding tert-OH is 1. The summed E-state index contributed by atoms with van der Waals surface area (Å²) in [5.41, 5.74) is -0.407. The highest BCUT2D eigenvalue weighted by Crippen LogP contribution is 2.71. The van der Waals surface area contributed by atoms with Crippen molar-refractivity contribution in [1.29, 1.82) is 0 Å². The first-order valence-corrected chi connectivity index (χ1v) is 11.7. The molecule has 0 aliphatic carbocycles. The fraction of sp³-hybridized carbons (Fsp3) is 0.864. The average molecular weight is 440 g/mol. The van der Waals surface area contributed by atoms with E-state index in [4.69, 9.17) is 0 Å². The van der Waals surface area contributed by atoms with Crippen LogP contribution in [0.5, 0.6) is 0 Å². The lowest BCUT2D eigenvalue weighted by Crippen LogP contribution is -2.58. The molecule has 3 saturated heterocycles. The summed E-state index contributed by atoms with van der Waals surface area (Å²) in [4.78, 5) is 41.4. The Labute approximate surface area is 184 Å². The van der Waals surface area contributed by atoms with Crippen LogP contribution in [-0.2, 0) is 14.4 Å². The Bertz CT molecular complexity index is 749. The van der Waals surface area contributed by atoms with Gasteiger partial charge < -0.3 is 20.6 Å². The molecule has 7 nitrogen and oxygen atoms in total. The van der Waals surface area contributed by atoms with E-state index >= 15 is 0 Å². The van der Waals surface area contributed by atoms with Crippen LogP contribution < -0.4 is 10.6 Å². The summed E-state index contributed by atoms with van der Waals surface area (Å²) in [5.74, 6) is -1.49. The molecule has 2 unspecified atom stereocenters. The number of hydrogen-bond acceptors (Lipinski definition) is 5. The minimum atomic E-state index is -0.678. The van der Waals surface area contributed by atoms with Gasteiger partial charge in [-0.1, -0.05) is 20.8 Å². The second-order valence-electron chi connectivity index (χ2n) is 11.2. The minimum Gasteiger partial charge on any atom is -0.395 e. The highest BCUT2D eigenvalue weighted by molar-refractivity contribution is 8.02. The van der Waals surface area contributed by atoms with Gasteiger partial charge in [0, 0.05) is 23.9 Å². The van der Waals surface area contributed by atoms with Crippen molar-refractivity contribution < 1.29 is 19.5 Å². The lowest BCUT2D eigenvalue weighted by Gasteiger charge is -2.38. The van der Waals surface area contributed by atoms with Gasteiger partial charge in [0.2, 0.25) is 17.7 Å². The van der Waals surface area contributed by atoms with Crippen molar-refractivity contribution in [2.45, 2.75) is 81.9 Å². The van der Waals surface area contributed by atoms with Gasteiger partial charge in [0.05, 0.1) is 23.2 Å². The fourth-order valence-electron chi connectivity index (χ4n) is 6.40. The Morgan fingerprint density at radius 2 is 1.83 bits per heavy atom. The lowest BCUT2D eigenvalue weighted by atomic mass is 9.66. The largest absolute Gasteiger partial charge is 0.395 e. The van der Waals surface area contributed by atoms with E-state index in [-0.39, 0.29) is 41.0 Å².